The molecule has 0 fully saturated rings. The molecule has 3 aromatic rings. The molecule has 3 N–H and O–H groups in total. The molecule has 0 unspecified atom stereocenters. The number of aromatic amines is 1. The number of aromatic hydroxyl groups is 1. The van der Waals surface area contributed by atoms with Crippen molar-refractivity contribution in [2.75, 3.05) is 4.90 Å². The number of amides is 1. The summed E-state index contributed by atoms with van der Waals surface area (Å²) in [6.07, 6.45) is -1.11. The van der Waals surface area contributed by atoms with Crippen LogP contribution in [0.5, 0.6) is 5.75 Å². The van der Waals surface area contributed by atoms with Crippen molar-refractivity contribution >= 4 is 23.1 Å². The first-order chi connectivity index (χ1) is 10.1. The average Bonchev–Trinajstić information content (AvgIpc) is 2.88. The number of carboxylic acid groups (broad SMARTS) is 1. The molecule has 1 aromatic heterocycles. The largest absolute Gasteiger partial charge is 0.508 e. The third kappa shape index (κ3) is 2.64. The molecule has 0 saturated heterocycles. The highest BCUT2D eigenvalue weighted by Crippen LogP contribution is 2.20. The Morgan fingerprint density at radius 1 is 1.19 bits per heavy atom. The van der Waals surface area contributed by atoms with Gasteiger partial charge in [-0.25, -0.2) is 14.7 Å². The van der Waals surface area contributed by atoms with E-state index in [0.717, 1.165) is 10.4 Å². The monoisotopic (exact) mass is 283 g/mol. The lowest BCUT2D eigenvalue weighted by Crippen LogP contribution is -2.29. The summed E-state index contributed by atoms with van der Waals surface area (Å²) in [5, 5.41) is 18.8. The van der Waals surface area contributed by atoms with Gasteiger partial charge in [-0.2, -0.15) is 0 Å². The van der Waals surface area contributed by atoms with Gasteiger partial charge >= 0.3 is 6.09 Å². The molecule has 0 bridgehead atoms. The summed E-state index contributed by atoms with van der Waals surface area (Å²) in [5.41, 5.74) is 2.15. The number of nitrogens with zero attached hydrogens (tertiary/aromatic N) is 2. The SMILES string of the molecule is O=C(O)N(Cc1cccc(O)c1)c1nc2ccccc2[nH]1. The number of hydrogen-bond acceptors (Lipinski definition) is 3. The number of para-hydroxylation sites is 2. The smallest absolute Gasteiger partial charge is 0.414 e. The average molecular weight is 283 g/mol. The number of anilines is 1. The van der Waals surface area contributed by atoms with E-state index in [1.165, 1.54) is 12.1 Å². The van der Waals surface area contributed by atoms with Gasteiger partial charge < -0.3 is 15.2 Å². The Kier molecular flexibility index (Phi) is 3.19. The Hall–Kier alpha value is -3.02. The first kappa shape index (κ1) is 13.0. The highest BCUT2D eigenvalue weighted by molar-refractivity contribution is 5.87. The predicted octanol–water partition coefficient (Wildman–Crippen LogP) is 2.95. The van der Waals surface area contributed by atoms with Crippen LogP contribution in [0.1, 0.15) is 5.56 Å². The van der Waals surface area contributed by atoms with Gasteiger partial charge in [0, 0.05) is 0 Å². The molecule has 2 aromatic carbocycles. The Morgan fingerprint density at radius 2 is 2.00 bits per heavy atom. The van der Waals surface area contributed by atoms with Crippen LogP contribution in [0.2, 0.25) is 0 Å². The number of carbonyl (C=O) groups is 1. The third-order valence-electron chi connectivity index (χ3n) is 3.11. The number of fused-ring (bicyclic) bond motifs is 1. The topological polar surface area (TPSA) is 89.4 Å². The number of H-pyrrole nitrogens is 1. The molecule has 6 heteroatoms. The van der Waals surface area contributed by atoms with Gasteiger partial charge in [-0.05, 0) is 29.8 Å². The van der Waals surface area contributed by atoms with E-state index >= 15 is 0 Å². The first-order valence-electron chi connectivity index (χ1n) is 6.36. The standard InChI is InChI=1S/C15H13N3O3/c19-11-5-3-4-10(8-11)9-18(15(20)21)14-16-12-6-1-2-7-13(12)17-14/h1-8,19H,9H2,(H,16,17)(H,20,21). The van der Waals surface area contributed by atoms with Gasteiger partial charge in [-0.3, -0.25) is 0 Å². The van der Waals surface area contributed by atoms with E-state index in [2.05, 4.69) is 9.97 Å². The molecule has 0 aliphatic heterocycles. The lowest BCUT2D eigenvalue weighted by Gasteiger charge is -2.16. The molecule has 0 atom stereocenters. The van der Waals surface area contributed by atoms with Crippen molar-refractivity contribution in [3.63, 3.8) is 0 Å². The van der Waals surface area contributed by atoms with Gasteiger partial charge in [-0.15, -0.1) is 0 Å². The van der Waals surface area contributed by atoms with Gasteiger partial charge in [0.25, 0.3) is 0 Å². The van der Waals surface area contributed by atoms with Crippen molar-refractivity contribution in [3.05, 3.63) is 54.1 Å². The first-order valence-corrected chi connectivity index (χ1v) is 6.36. The van der Waals surface area contributed by atoms with Crippen molar-refractivity contribution in [1.82, 2.24) is 9.97 Å². The minimum absolute atomic E-state index is 0.0995. The van der Waals surface area contributed by atoms with E-state index < -0.39 is 6.09 Å². The molecular weight excluding hydrogens is 270 g/mol. The number of nitrogens with one attached hydrogen (secondary N) is 1. The predicted molar refractivity (Wildman–Crippen MR) is 78.4 cm³/mol. The van der Waals surface area contributed by atoms with Crippen molar-refractivity contribution in [3.8, 4) is 5.75 Å². The second-order valence-corrected chi connectivity index (χ2v) is 4.62. The van der Waals surface area contributed by atoms with Crippen molar-refractivity contribution in [2.45, 2.75) is 6.54 Å². The normalized spacial score (nSPS) is 10.7. The molecule has 1 amide bonds. The highest BCUT2D eigenvalue weighted by atomic mass is 16.4. The molecule has 1 heterocycles. The molecule has 0 radical (unpaired) electrons. The second-order valence-electron chi connectivity index (χ2n) is 4.62. The van der Waals surface area contributed by atoms with Gasteiger partial charge in [0.2, 0.25) is 5.95 Å². The third-order valence-corrected chi connectivity index (χ3v) is 3.11. The van der Waals surface area contributed by atoms with Gasteiger partial charge in [0.15, 0.2) is 0 Å². The summed E-state index contributed by atoms with van der Waals surface area (Å²) >= 11 is 0. The molecule has 6 nitrogen and oxygen atoms in total. The number of aromatic nitrogens is 2. The maximum absolute atomic E-state index is 11.5. The fourth-order valence-corrected chi connectivity index (χ4v) is 2.14. The Morgan fingerprint density at radius 3 is 2.71 bits per heavy atom. The van der Waals surface area contributed by atoms with E-state index in [4.69, 9.17) is 0 Å². The number of phenolic OH excluding ortho intramolecular Hbond substituents is 1. The Bertz CT molecular complexity index is 764. The van der Waals surface area contributed by atoms with Crippen LogP contribution >= 0.6 is 0 Å². The zero-order valence-electron chi connectivity index (χ0n) is 11.0. The second kappa shape index (κ2) is 5.16. The van der Waals surface area contributed by atoms with Gasteiger partial charge in [0.1, 0.15) is 5.75 Å². The quantitative estimate of drug-likeness (QED) is 0.689. The molecular formula is C15H13N3O3. The van der Waals surface area contributed by atoms with Crippen LogP contribution in [0.4, 0.5) is 10.7 Å². The van der Waals surface area contributed by atoms with E-state index in [-0.39, 0.29) is 18.2 Å². The van der Waals surface area contributed by atoms with Crippen LogP contribution in [0.3, 0.4) is 0 Å². The summed E-state index contributed by atoms with van der Waals surface area (Å²) in [5.74, 6) is 0.356. The molecule has 21 heavy (non-hydrogen) atoms. The fraction of sp³-hybridized carbons (Fsp3) is 0.0667. The summed E-state index contributed by atoms with van der Waals surface area (Å²) in [7, 11) is 0. The molecule has 3 rings (SSSR count). The number of benzene rings is 2. The van der Waals surface area contributed by atoms with E-state index in [0.29, 0.717) is 11.1 Å². The lowest BCUT2D eigenvalue weighted by atomic mass is 10.2. The van der Waals surface area contributed by atoms with Crippen LogP contribution in [-0.4, -0.2) is 26.3 Å². The van der Waals surface area contributed by atoms with E-state index in [9.17, 15) is 15.0 Å². The molecule has 106 valence electrons. The number of phenols is 1. The van der Waals surface area contributed by atoms with Gasteiger partial charge in [0.05, 0.1) is 17.6 Å². The summed E-state index contributed by atoms with van der Waals surface area (Å²) < 4.78 is 0. The zero-order chi connectivity index (χ0) is 14.8. The van der Waals surface area contributed by atoms with Crippen LogP contribution in [-0.2, 0) is 6.54 Å². The molecule has 0 aliphatic carbocycles. The van der Waals surface area contributed by atoms with Crippen LogP contribution < -0.4 is 4.90 Å². The van der Waals surface area contributed by atoms with E-state index in [1.54, 1.807) is 12.1 Å². The number of hydrogen-bond donors (Lipinski definition) is 3. The van der Waals surface area contributed by atoms with Crippen LogP contribution in [0, 0.1) is 0 Å². The summed E-state index contributed by atoms with van der Waals surface area (Å²) in [6, 6.07) is 13.8. The fourth-order valence-electron chi connectivity index (χ4n) is 2.14. The minimum Gasteiger partial charge on any atom is -0.508 e. The Balaban J connectivity index is 1.96. The number of imidazole rings is 1. The van der Waals surface area contributed by atoms with Gasteiger partial charge in [-0.1, -0.05) is 24.3 Å². The molecule has 0 spiro atoms. The summed E-state index contributed by atoms with van der Waals surface area (Å²) in [6.45, 7) is 0.101. The van der Waals surface area contributed by atoms with Crippen LogP contribution in [0.15, 0.2) is 48.5 Å². The van der Waals surface area contributed by atoms with Crippen molar-refractivity contribution in [2.24, 2.45) is 0 Å². The zero-order valence-corrected chi connectivity index (χ0v) is 11.0. The maximum atomic E-state index is 11.5. The molecule has 0 saturated carbocycles. The number of rotatable bonds is 3. The minimum atomic E-state index is -1.11. The molecule has 0 aliphatic rings. The van der Waals surface area contributed by atoms with E-state index in [1.807, 2.05) is 24.3 Å². The lowest BCUT2D eigenvalue weighted by molar-refractivity contribution is 0.201. The summed E-state index contributed by atoms with van der Waals surface area (Å²) in [4.78, 5) is 19.8. The Labute approximate surface area is 120 Å². The maximum Gasteiger partial charge on any atom is 0.414 e. The van der Waals surface area contributed by atoms with Crippen molar-refractivity contribution < 1.29 is 15.0 Å². The highest BCUT2D eigenvalue weighted by Gasteiger charge is 2.18. The van der Waals surface area contributed by atoms with Crippen LogP contribution in [0.25, 0.3) is 11.0 Å². The van der Waals surface area contributed by atoms with Crippen molar-refractivity contribution in [1.29, 1.82) is 0 Å².